The summed E-state index contributed by atoms with van der Waals surface area (Å²) in [4.78, 5) is 11.1. The van der Waals surface area contributed by atoms with Gasteiger partial charge in [-0.1, -0.05) is 0 Å². The van der Waals surface area contributed by atoms with Crippen molar-refractivity contribution in [3.8, 4) is 22.7 Å². The molecule has 138 valence electrons. The van der Waals surface area contributed by atoms with Crippen molar-refractivity contribution in [1.82, 2.24) is 9.78 Å². The van der Waals surface area contributed by atoms with Gasteiger partial charge in [0.25, 0.3) is 0 Å². The van der Waals surface area contributed by atoms with Gasteiger partial charge in [-0.2, -0.15) is 5.10 Å². The first-order valence-corrected chi connectivity index (χ1v) is 9.01. The van der Waals surface area contributed by atoms with Gasteiger partial charge in [0.15, 0.2) is 0 Å². The van der Waals surface area contributed by atoms with E-state index in [1.54, 1.807) is 31.4 Å². The highest BCUT2D eigenvalue weighted by Gasteiger charge is 2.21. The zero-order valence-corrected chi connectivity index (χ0v) is 15.1. The number of benzene rings is 2. The summed E-state index contributed by atoms with van der Waals surface area (Å²) in [7, 11) is 1.65. The molecule has 0 fully saturated rings. The largest absolute Gasteiger partial charge is 0.497 e. The molecule has 6 nitrogen and oxygen atoms in total. The number of carbonyl (C=O) groups is 1. The van der Waals surface area contributed by atoms with Crippen LogP contribution in [0.1, 0.15) is 28.8 Å². The third kappa shape index (κ3) is 3.26. The lowest BCUT2D eigenvalue weighted by molar-refractivity contribution is 0.0697. The molecule has 1 aliphatic rings. The van der Waals surface area contributed by atoms with Crippen molar-refractivity contribution >= 4 is 11.8 Å². The highest BCUT2D eigenvalue weighted by atomic mass is 16.5. The van der Waals surface area contributed by atoms with E-state index in [0.29, 0.717) is 0 Å². The smallest absolute Gasteiger partial charge is 0.335 e. The summed E-state index contributed by atoms with van der Waals surface area (Å²) in [5.41, 5.74) is 4.28. The van der Waals surface area contributed by atoms with Crippen LogP contribution >= 0.6 is 0 Å². The van der Waals surface area contributed by atoms with Gasteiger partial charge in [-0.05, 0) is 67.8 Å². The highest BCUT2D eigenvalue weighted by Crippen LogP contribution is 2.34. The average Bonchev–Trinajstić information content (AvgIpc) is 2.89. The molecule has 0 unspecified atom stereocenters. The topological polar surface area (TPSA) is 76.4 Å². The minimum Gasteiger partial charge on any atom is -0.497 e. The van der Waals surface area contributed by atoms with Gasteiger partial charge in [0.2, 0.25) is 0 Å². The Labute approximate surface area is 157 Å². The van der Waals surface area contributed by atoms with Crippen LogP contribution in [0.4, 0.5) is 5.82 Å². The molecule has 6 heteroatoms. The maximum Gasteiger partial charge on any atom is 0.335 e. The van der Waals surface area contributed by atoms with Crippen LogP contribution in [-0.4, -0.2) is 34.5 Å². The first-order chi connectivity index (χ1) is 13.2. The summed E-state index contributed by atoms with van der Waals surface area (Å²) in [6, 6.07) is 14.7. The summed E-state index contributed by atoms with van der Waals surface area (Å²) in [6.07, 6.45) is 3.17. The fraction of sp³-hybridized carbons (Fsp3) is 0.238. The fourth-order valence-corrected chi connectivity index (χ4v) is 3.42. The molecule has 0 spiro atoms. The molecule has 1 aliphatic heterocycles. The number of aromatic carboxylic acids is 1. The number of nitrogens with zero attached hydrogens (tertiary/aromatic N) is 2. The number of hydrogen-bond donors (Lipinski definition) is 2. The van der Waals surface area contributed by atoms with E-state index < -0.39 is 5.97 Å². The number of hydrogen-bond acceptors (Lipinski definition) is 4. The van der Waals surface area contributed by atoms with Crippen molar-refractivity contribution in [3.05, 3.63) is 59.7 Å². The normalized spacial score (nSPS) is 13.4. The standard InChI is InChI=1S/C21H21N3O3/c1-27-17-11-7-14(8-12-17)19-18-4-2-3-13-22-20(18)24(23-19)16-9-5-15(6-10-16)21(25)26/h5-12,22H,2-4,13H2,1H3,(H,25,26). The fourth-order valence-electron chi connectivity index (χ4n) is 3.42. The van der Waals surface area contributed by atoms with Crippen LogP contribution in [0.15, 0.2) is 48.5 Å². The molecule has 0 saturated heterocycles. The van der Waals surface area contributed by atoms with Gasteiger partial charge in [0.05, 0.1) is 24.1 Å². The lowest BCUT2D eigenvalue weighted by atomic mass is 10.0. The van der Waals surface area contributed by atoms with E-state index in [1.807, 2.05) is 28.9 Å². The van der Waals surface area contributed by atoms with Gasteiger partial charge < -0.3 is 15.2 Å². The first kappa shape index (κ1) is 17.1. The van der Waals surface area contributed by atoms with Gasteiger partial charge >= 0.3 is 5.97 Å². The van der Waals surface area contributed by atoms with Crippen LogP contribution in [0.3, 0.4) is 0 Å². The Kier molecular flexibility index (Phi) is 4.54. The number of anilines is 1. The highest BCUT2D eigenvalue weighted by molar-refractivity contribution is 5.87. The maximum absolute atomic E-state index is 11.1. The van der Waals surface area contributed by atoms with Crippen LogP contribution < -0.4 is 10.1 Å². The summed E-state index contributed by atoms with van der Waals surface area (Å²) in [5.74, 6) is 0.867. The molecular formula is C21H21N3O3. The molecule has 2 heterocycles. The molecule has 0 radical (unpaired) electrons. The Morgan fingerprint density at radius 3 is 2.52 bits per heavy atom. The van der Waals surface area contributed by atoms with Crippen molar-refractivity contribution in [1.29, 1.82) is 0 Å². The van der Waals surface area contributed by atoms with Gasteiger partial charge in [-0.15, -0.1) is 0 Å². The quantitative estimate of drug-likeness (QED) is 0.733. The number of methoxy groups -OCH3 is 1. The third-order valence-electron chi connectivity index (χ3n) is 4.85. The predicted octanol–water partition coefficient (Wildman–Crippen LogP) is 3.99. The molecule has 3 aromatic rings. The minimum atomic E-state index is -0.933. The molecular weight excluding hydrogens is 342 g/mol. The number of carboxylic acid groups (broad SMARTS) is 1. The van der Waals surface area contributed by atoms with Crippen LogP contribution in [-0.2, 0) is 6.42 Å². The minimum absolute atomic E-state index is 0.264. The Bertz CT molecular complexity index is 960. The van der Waals surface area contributed by atoms with Gasteiger partial charge in [-0.3, -0.25) is 0 Å². The van der Waals surface area contributed by atoms with E-state index in [9.17, 15) is 4.79 Å². The summed E-state index contributed by atoms with van der Waals surface area (Å²) in [5, 5.41) is 17.5. The van der Waals surface area contributed by atoms with Gasteiger partial charge in [0, 0.05) is 17.7 Å². The molecule has 27 heavy (non-hydrogen) atoms. The number of rotatable bonds is 4. The predicted molar refractivity (Wildman–Crippen MR) is 104 cm³/mol. The van der Waals surface area contributed by atoms with Crippen molar-refractivity contribution < 1.29 is 14.6 Å². The molecule has 0 aliphatic carbocycles. The second kappa shape index (κ2) is 7.15. The van der Waals surface area contributed by atoms with Crippen LogP contribution in [0.25, 0.3) is 16.9 Å². The lowest BCUT2D eigenvalue weighted by Gasteiger charge is -2.09. The molecule has 2 N–H and O–H groups in total. The van der Waals surface area contributed by atoms with E-state index >= 15 is 0 Å². The van der Waals surface area contributed by atoms with Crippen molar-refractivity contribution in [3.63, 3.8) is 0 Å². The second-order valence-corrected chi connectivity index (χ2v) is 6.55. The molecule has 0 atom stereocenters. The zero-order chi connectivity index (χ0) is 18.8. The molecule has 0 amide bonds. The monoisotopic (exact) mass is 363 g/mol. The SMILES string of the molecule is COc1ccc(-c2nn(-c3ccc(C(=O)O)cc3)c3c2CCCCN3)cc1. The Morgan fingerprint density at radius 1 is 1.11 bits per heavy atom. The summed E-state index contributed by atoms with van der Waals surface area (Å²) in [6.45, 7) is 0.897. The molecule has 0 bridgehead atoms. The van der Waals surface area contributed by atoms with Crippen molar-refractivity contribution in [2.45, 2.75) is 19.3 Å². The van der Waals surface area contributed by atoms with Crippen molar-refractivity contribution in [2.75, 3.05) is 19.0 Å². The third-order valence-corrected chi connectivity index (χ3v) is 4.85. The van der Waals surface area contributed by atoms with E-state index in [1.165, 1.54) is 5.56 Å². The van der Waals surface area contributed by atoms with Crippen LogP contribution in [0, 0.1) is 0 Å². The number of ether oxygens (including phenoxy) is 1. The van der Waals surface area contributed by atoms with E-state index in [4.69, 9.17) is 14.9 Å². The Hall–Kier alpha value is -3.28. The number of carboxylic acids is 1. The number of nitrogens with one attached hydrogen (secondary N) is 1. The Morgan fingerprint density at radius 2 is 1.85 bits per heavy atom. The molecule has 1 aromatic heterocycles. The van der Waals surface area contributed by atoms with Crippen LogP contribution in [0.2, 0.25) is 0 Å². The lowest BCUT2D eigenvalue weighted by Crippen LogP contribution is -2.07. The van der Waals surface area contributed by atoms with Gasteiger partial charge in [0.1, 0.15) is 11.6 Å². The van der Waals surface area contributed by atoms with Gasteiger partial charge in [-0.25, -0.2) is 9.48 Å². The van der Waals surface area contributed by atoms with E-state index in [2.05, 4.69) is 5.32 Å². The zero-order valence-electron chi connectivity index (χ0n) is 15.1. The van der Waals surface area contributed by atoms with E-state index in [-0.39, 0.29) is 5.56 Å². The molecule has 4 rings (SSSR count). The van der Waals surface area contributed by atoms with Crippen LogP contribution in [0.5, 0.6) is 5.75 Å². The average molecular weight is 363 g/mol. The number of aromatic nitrogens is 2. The Balaban J connectivity index is 1.82. The van der Waals surface area contributed by atoms with E-state index in [0.717, 1.165) is 54.3 Å². The molecule has 0 saturated carbocycles. The van der Waals surface area contributed by atoms with Crippen molar-refractivity contribution in [2.24, 2.45) is 0 Å². The maximum atomic E-state index is 11.1. The second-order valence-electron chi connectivity index (χ2n) is 6.55. The summed E-state index contributed by atoms with van der Waals surface area (Å²) >= 11 is 0. The first-order valence-electron chi connectivity index (χ1n) is 9.01. The number of fused-ring (bicyclic) bond motifs is 1. The molecule has 2 aromatic carbocycles. The summed E-state index contributed by atoms with van der Waals surface area (Å²) < 4.78 is 7.14.